The fourth-order valence-corrected chi connectivity index (χ4v) is 1.77. The number of hydrogen-bond acceptors (Lipinski definition) is 0. The molecule has 0 fully saturated rings. The molecule has 0 aliphatic rings. The Labute approximate surface area is 109 Å². The molecular weight excluding hydrogens is 204 g/mol. The molecule has 98 valence electrons. The minimum Gasteiger partial charge on any atom is -0.103 e. The number of hydrogen-bond donors (Lipinski definition) is 0. The van der Waals surface area contributed by atoms with Crippen LogP contribution in [0.1, 0.15) is 71.1 Å². The molecule has 0 amide bonds. The van der Waals surface area contributed by atoms with Crippen LogP contribution in [0.15, 0.2) is 37.0 Å². The zero-order chi connectivity index (χ0) is 12.6. The summed E-state index contributed by atoms with van der Waals surface area (Å²) in [5.74, 6) is 0. The van der Waals surface area contributed by atoms with Crippen LogP contribution in [-0.2, 0) is 0 Å². The van der Waals surface area contributed by atoms with Crippen LogP contribution >= 0.6 is 0 Å². The van der Waals surface area contributed by atoms with Crippen LogP contribution in [0.4, 0.5) is 0 Å². The fraction of sp³-hybridized carbons (Fsp3) is 0.647. The highest BCUT2D eigenvalue weighted by atomic mass is 13.9. The summed E-state index contributed by atoms with van der Waals surface area (Å²) in [5.41, 5.74) is 0. The largest absolute Gasteiger partial charge is 0.103 e. The highest BCUT2D eigenvalue weighted by Crippen LogP contribution is 2.06. The first-order chi connectivity index (χ1) is 8.41. The Hall–Kier alpha value is -0.780. The van der Waals surface area contributed by atoms with Crippen molar-refractivity contribution in [1.82, 2.24) is 0 Å². The lowest BCUT2D eigenvalue weighted by molar-refractivity contribution is 0.652. The van der Waals surface area contributed by atoms with Gasteiger partial charge in [-0.15, -0.1) is 6.58 Å². The lowest BCUT2D eigenvalue weighted by atomic mass is 10.1. The van der Waals surface area contributed by atoms with Crippen molar-refractivity contribution in [2.45, 2.75) is 71.1 Å². The normalized spacial score (nSPS) is 11.6. The van der Waals surface area contributed by atoms with Gasteiger partial charge in [-0.1, -0.05) is 63.0 Å². The lowest BCUT2D eigenvalue weighted by Crippen LogP contribution is -1.76. The molecule has 17 heavy (non-hydrogen) atoms. The van der Waals surface area contributed by atoms with Crippen LogP contribution < -0.4 is 0 Å². The Morgan fingerprint density at radius 2 is 1.24 bits per heavy atom. The van der Waals surface area contributed by atoms with Gasteiger partial charge < -0.3 is 0 Å². The van der Waals surface area contributed by atoms with Gasteiger partial charge in [-0.2, -0.15) is 0 Å². The summed E-state index contributed by atoms with van der Waals surface area (Å²) in [7, 11) is 0. The van der Waals surface area contributed by atoms with Crippen molar-refractivity contribution in [3.05, 3.63) is 37.0 Å². The second-order valence-corrected chi connectivity index (χ2v) is 4.63. The summed E-state index contributed by atoms with van der Waals surface area (Å²) in [5, 5.41) is 0. The third-order valence-corrected chi connectivity index (χ3v) is 2.89. The van der Waals surface area contributed by atoms with Gasteiger partial charge in [0.2, 0.25) is 0 Å². The Morgan fingerprint density at radius 1 is 0.706 bits per heavy atom. The van der Waals surface area contributed by atoms with Gasteiger partial charge in [0.1, 0.15) is 0 Å². The molecule has 0 aliphatic carbocycles. The van der Waals surface area contributed by atoms with E-state index in [1.54, 1.807) is 0 Å². The second-order valence-electron chi connectivity index (χ2n) is 4.63. The molecule has 0 saturated heterocycles. The Balaban J connectivity index is 3.16. The van der Waals surface area contributed by atoms with Crippen molar-refractivity contribution in [1.29, 1.82) is 0 Å². The zero-order valence-electron chi connectivity index (χ0n) is 11.7. The molecule has 0 aromatic rings. The summed E-state index contributed by atoms with van der Waals surface area (Å²) in [6, 6.07) is 0. The minimum atomic E-state index is 1.18. The van der Waals surface area contributed by atoms with Crippen LogP contribution in [0.25, 0.3) is 0 Å². The molecule has 0 heteroatoms. The molecule has 0 heterocycles. The number of unbranched alkanes of at least 4 members (excludes halogenated alkanes) is 8. The van der Waals surface area contributed by atoms with Gasteiger partial charge in [-0.3, -0.25) is 0 Å². The maximum absolute atomic E-state index is 3.74. The molecule has 0 radical (unpaired) electrons. The average Bonchev–Trinajstić information content (AvgIpc) is 2.35. The monoisotopic (exact) mass is 234 g/mol. The van der Waals surface area contributed by atoms with Crippen LogP contribution in [0.5, 0.6) is 0 Å². The van der Waals surface area contributed by atoms with Gasteiger partial charge in [0.15, 0.2) is 0 Å². The van der Waals surface area contributed by atoms with E-state index in [0.29, 0.717) is 0 Å². The highest BCUT2D eigenvalue weighted by molar-refractivity contribution is 5.02. The second kappa shape index (κ2) is 15.2. The van der Waals surface area contributed by atoms with E-state index in [4.69, 9.17) is 0 Å². The van der Waals surface area contributed by atoms with Gasteiger partial charge in [0, 0.05) is 0 Å². The van der Waals surface area contributed by atoms with Gasteiger partial charge in [0.05, 0.1) is 0 Å². The third kappa shape index (κ3) is 15.2. The predicted molar refractivity (Wildman–Crippen MR) is 80.3 cm³/mol. The fourth-order valence-electron chi connectivity index (χ4n) is 1.77. The topological polar surface area (TPSA) is 0 Å². The summed E-state index contributed by atoms with van der Waals surface area (Å²) in [6.45, 7) is 5.98. The van der Waals surface area contributed by atoms with E-state index in [9.17, 15) is 0 Å². The first-order valence-corrected chi connectivity index (χ1v) is 7.34. The average molecular weight is 234 g/mol. The molecule has 0 saturated carbocycles. The van der Waals surface area contributed by atoms with E-state index in [2.05, 4.69) is 37.8 Å². The smallest absolute Gasteiger partial charge is 0.0348 e. The SMILES string of the molecule is C=CCCCCCC/C=C/C=C/CCCCC. The first-order valence-electron chi connectivity index (χ1n) is 7.34. The lowest BCUT2D eigenvalue weighted by Gasteiger charge is -1.95. The Morgan fingerprint density at radius 3 is 1.76 bits per heavy atom. The molecule has 0 spiro atoms. The molecule has 0 nitrogen and oxygen atoms in total. The van der Waals surface area contributed by atoms with E-state index in [1.165, 1.54) is 64.2 Å². The van der Waals surface area contributed by atoms with E-state index in [1.807, 2.05) is 6.08 Å². The zero-order valence-corrected chi connectivity index (χ0v) is 11.7. The molecule has 0 N–H and O–H groups in total. The minimum absolute atomic E-state index is 1.18. The molecule has 0 rings (SSSR count). The highest BCUT2D eigenvalue weighted by Gasteiger charge is 1.86. The quantitative estimate of drug-likeness (QED) is 0.214. The molecular formula is C17H30. The van der Waals surface area contributed by atoms with Crippen LogP contribution in [0.3, 0.4) is 0 Å². The van der Waals surface area contributed by atoms with Crippen LogP contribution in [-0.4, -0.2) is 0 Å². The summed E-state index contributed by atoms with van der Waals surface area (Å²) < 4.78 is 0. The van der Waals surface area contributed by atoms with Gasteiger partial charge >= 0.3 is 0 Å². The summed E-state index contributed by atoms with van der Waals surface area (Å²) in [6.07, 6.45) is 24.0. The van der Waals surface area contributed by atoms with Gasteiger partial charge in [-0.05, 0) is 38.5 Å². The van der Waals surface area contributed by atoms with Crippen molar-refractivity contribution in [3.63, 3.8) is 0 Å². The van der Waals surface area contributed by atoms with Crippen LogP contribution in [0, 0.1) is 0 Å². The van der Waals surface area contributed by atoms with Gasteiger partial charge in [0.25, 0.3) is 0 Å². The van der Waals surface area contributed by atoms with E-state index < -0.39 is 0 Å². The van der Waals surface area contributed by atoms with Crippen molar-refractivity contribution >= 4 is 0 Å². The molecule has 0 bridgehead atoms. The number of rotatable bonds is 12. The van der Waals surface area contributed by atoms with Gasteiger partial charge in [-0.25, -0.2) is 0 Å². The molecule has 0 aromatic heterocycles. The maximum atomic E-state index is 3.74. The predicted octanol–water partition coefficient (Wildman–Crippen LogP) is 6.21. The van der Waals surface area contributed by atoms with Crippen molar-refractivity contribution in [2.75, 3.05) is 0 Å². The molecule has 0 aliphatic heterocycles. The maximum Gasteiger partial charge on any atom is -0.0348 e. The standard InChI is InChI=1S/C17H30/c1-3-5-7-9-11-13-15-17-16-14-12-10-8-6-4-2/h3,12,14,16-17H,1,4-11,13,15H2,2H3/b14-12+,17-16+. The third-order valence-electron chi connectivity index (χ3n) is 2.89. The van der Waals surface area contributed by atoms with Crippen molar-refractivity contribution in [2.24, 2.45) is 0 Å². The van der Waals surface area contributed by atoms with Crippen molar-refractivity contribution in [3.8, 4) is 0 Å². The molecule has 0 atom stereocenters. The Bertz CT molecular complexity index is 198. The van der Waals surface area contributed by atoms with Crippen LogP contribution in [0.2, 0.25) is 0 Å². The summed E-state index contributed by atoms with van der Waals surface area (Å²) in [4.78, 5) is 0. The van der Waals surface area contributed by atoms with E-state index in [0.717, 1.165) is 0 Å². The molecule has 0 aromatic carbocycles. The summed E-state index contributed by atoms with van der Waals surface area (Å²) >= 11 is 0. The Kier molecular flexibility index (Phi) is 14.5. The first kappa shape index (κ1) is 16.2. The molecule has 0 unspecified atom stereocenters. The number of allylic oxidation sites excluding steroid dienone is 5. The van der Waals surface area contributed by atoms with E-state index in [-0.39, 0.29) is 0 Å². The van der Waals surface area contributed by atoms with Crippen molar-refractivity contribution < 1.29 is 0 Å². The van der Waals surface area contributed by atoms with E-state index >= 15 is 0 Å².